The first-order valence-corrected chi connectivity index (χ1v) is 5.81. The first kappa shape index (κ1) is 13.1. The highest BCUT2D eigenvalue weighted by Crippen LogP contribution is 2.31. The van der Waals surface area contributed by atoms with Crippen LogP contribution >= 0.6 is 0 Å². The Morgan fingerprint density at radius 2 is 2.19 bits per heavy atom. The normalized spacial score (nSPS) is 17.1. The Hall–Kier alpha value is -0.930. The molecule has 3 nitrogen and oxygen atoms in total. The van der Waals surface area contributed by atoms with Gasteiger partial charge in [-0.05, 0) is 46.1 Å². The molecule has 1 heterocycles. The second-order valence-electron chi connectivity index (χ2n) is 4.61. The molecule has 0 aromatic carbocycles. The molecule has 0 spiro atoms. The van der Waals surface area contributed by atoms with Crippen LogP contribution in [0.3, 0.4) is 0 Å². The van der Waals surface area contributed by atoms with E-state index in [-0.39, 0.29) is 5.54 Å². The highest BCUT2D eigenvalue weighted by atomic mass is 15.2. The summed E-state index contributed by atoms with van der Waals surface area (Å²) in [5.41, 5.74) is 1.33. The Labute approximate surface area is 98.9 Å². The molecular formula is C13H23N3. The lowest BCUT2D eigenvalue weighted by molar-refractivity contribution is 0.117. The average molecular weight is 221 g/mol. The third-order valence-electron chi connectivity index (χ3n) is 3.67. The van der Waals surface area contributed by atoms with Gasteiger partial charge in [0.25, 0.3) is 0 Å². The average Bonchev–Trinajstić information content (AvgIpc) is 2.30. The Morgan fingerprint density at radius 3 is 2.56 bits per heavy atom. The summed E-state index contributed by atoms with van der Waals surface area (Å²) < 4.78 is 0. The van der Waals surface area contributed by atoms with Crippen molar-refractivity contribution in [2.24, 2.45) is 0 Å². The molecule has 3 heteroatoms. The van der Waals surface area contributed by atoms with Gasteiger partial charge in [-0.15, -0.1) is 0 Å². The van der Waals surface area contributed by atoms with Crippen molar-refractivity contribution < 1.29 is 0 Å². The number of hydrogen-bond acceptors (Lipinski definition) is 3. The van der Waals surface area contributed by atoms with Crippen LogP contribution in [-0.2, 0) is 0 Å². The third-order valence-corrected chi connectivity index (χ3v) is 3.67. The van der Waals surface area contributed by atoms with E-state index in [9.17, 15) is 0 Å². The maximum Gasteiger partial charge on any atom is 0.0517 e. The zero-order valence-corrected chi connectivity index (χ0v) is 11.0. The highest BCUT2D eigenvalue weighted by molar-refractivity contribution is 5.19. The molecule has 2 atom stereocenters. The van der Waals surface area contributed by atoms with Gasteiger partial charge >= 0.3 is 0 Å². The molecule has 1 aromatic rings. The molecule has 2 unspecified atom stereocenters. The topological polar surface area (TPSA) is 28.2 Å². The molecule has 0 radical (unpaired) electrons. The number of rotatable bonds is 5. The molecule has 0 aliphatic rings. The Balaban J connectivity index is 3.06. The van der Waals surface area contributed by atoms with Crippen LogP contribution in [-0.4, -0.2) is 36.6 Å². The summed E-state index contributed by atoms with van der Waals surface area (Å²) in [6.07, 6.45) is 4.84. The zero-order chi connectivity index (χ0) is 12.2. The lowest BCUT2D eigenvalue weighted by Gasteiger charge is -2.42. The van der Waals surface area contributed by atoms with Crippen LogP contribution in [0.15, 0.2) is 24.5 Å². The van der Waals surface area contributed by atoms with E-state index in [0.29, 0.717) is 6.04 Å². The molecule has 1 aromatic heterocycles. The standard InChI is InChI=1S/C13H23N3/c1-6-13(2,16(4)5)12(14-3)11-8-7-9-15-10-11/h7-10,12,14H,6H2,1-5H3. The van der Waals surface area contributed by atoms with Gasteiger partial charge in [0.15, 0.2) is 0 Å². The van der Waals surface area contributed by atoms with E-state index >= 15 is 0 Å². The quantitative estimate of drug-likeness (QED) is 0.825. The van der Waals surface area contributed by atoms with Gasteiger partial charge in [-0.1, -0.05) is 13.0 Å². The first-order valence-electron chi connectivity index (χ1n) is 5.81. The SMILES string of the molecule is CCC(C)(C(NC)c1cccnc1)N(C)C. The van der Waals surface area contributed by atoms with E-state index in [4.69, 9.17) is 0 Å². The minimum atomic E-state index is 0.0950. The summed E-state index contributed by atoms with van der Waals surface area (Å²) in [5, 5.41) is 3.41. The van der Waals surface area contributed by atoms with Gasteiger partial charge in [0.1, 0.15) is 0 Å². The molecule has 90 valence electrons. The third kappa shape index (κ3) is 2.42. The molecule has 1 N–H and O–H groups in total. The van der Waals surface area contributed by atoms with Crippen LogP contribution in [0.5, 0.6) is 0 Å². The minimum Gasteiger partial charge on any atom is -0.311 e. The van der Waals surface area contributed by atoms with E-state index in [1.54, 1.807) is 0 Å². The Bertz CT molecular complexity index is 310. The molecular weight excluding hydrogens is 198 g/mol. The van der Waals surface area contributed by atoms with Crippen molar-refractivity contribution in [1.82, 2.24) is 15.2 Å². The summed E-state index contributed by atoms with van der Waals surface area (Å²) in [7, 11) is 6.27. The molecule has 0 amide bonds. The summed E-state index contributed by atoms with van der Waals surface area (Å²) >= 11 is 0. The number of aromatic nitrogens is 1. The molecule has 16 heavy (non-hydrogen) atoms. The molecule has 0 aliphatic carbocycles. The van der Waals surface area contributed by atoms with Crippen molar-refractivity contribution in [2.45, 2.75) is 31.8 Å². The number of hydrogen-bond donors (Lipinski definition) is 1. The van der Waals surface area contributed by atoms with Crippen molar-refractivity contribution >= 4 is 0 Å². The maximum absolute atomic E-state index is 4.20. The summed E-state index contributed by atoms with van der Waals surface area (Å²) in [5.74, 6) is 0. The fraction of sp³-hybridized carbons (Fsp3) is 0.615. The monoisotopic (exact) mass is 221 g/mol. The number of likely N-dealkylation sites (N-methyl/N-ethyl adjacent to an activating group) is 2. The molecule has 0 aliphatic heterocycles. The second kappa shape index (κ2) is 5.41. The fourth-order valence-corrected chi connectivity index (χ4v) is 2.16. The van der Waals surface area contributed by atoms with Gasteiger partial charge in [0.2, 0.25) is 0 Å². The minimum absolute atomic E-state index is 0.0950. The largest absolute Gasteiger partial charge is 0.311 e. The van der Waals surface area contributed by atoms with E-state index in [2.05, 4.69) is 49.2 Å². The van der Waals surface area contributed by atoms with Crippen LogP contribution in [0.25, 0.3) is 0 Å². The van der Waals surface area contributed by atoms with E-state index in [1.165, 1.54) is 5.56 Å². The van der Waals surface area contributed by atoms with E-state index in [0.717, 1.165) is 6.42 Å². The molecule has 0 fully saturated rings. The van der Waals surface area contributed by atoms with Gasteiger partial charge in [-0.25, -0.2) is 0 Å². The summed E-state index contributed by atoms with van der Waals surface area (Å²) in [6, 6.07) is 4.41. The zero-order valence-electron chi connectivity index (χ0n) is 11.0. The van der Waals surface area contributed by atoms with Crippen LogP contribution in [0, 0.1) is 0 Å². The van der Waals surface area contributed by atoms with E-state index in [1.807, 2.05) is 25.5 Å². The molecule has 0 bridgehead atoms. The lowest BCUT2D eigenvalue weighted by Crippen LogP contribution is -2.50. The van der Waals surface area contributed by atoms with Crippen molar-refractivity contribution in [3.05, 3.63) is 30.1 Å². The maximum atomic E-state index is 4.20. The second-order valence-corrected chi connectivity index (χ2v) is 4.61. The predicted molar refractivity (Wildman–Crippen MR) is 68.4 cm³/mol. The lowest BCUT2D eigenvalue weighted by atomic mass is 9.84. The van der Waals surface area contributed by atoms with Crippen LogP contribution in [0.4, 0.5) is 0 Å². The van der Waals surface area contributed by atoms with Crippen LogP contribution in [0.2, 0.25) is 0 Å². The van der Waals surface area contributed by atoms with Gasteiger partial charge in [-0.3, -0.25) is 4.98 Å². The predicted octanol–water partition coefficient (Wildman–Crippen LogP) is 2.07. The van der Waals surface area contributed by atoms with Crippen LogP contribution < -0.4 is 5.32 Å². The summed E-state index contributed by atoms with van der Waals surface area (Å²) in [6.45, 7) is 4.50. The van der Waals surface area contributed by atoms with Crippen molar-refractivity contribution in [2.75, 3.05) is 21.1 Å². The van der Waals surface area contributed by atoms with Crippen molar-refractivity contribution in [3.8, 4) is 0 Å². The molecule has 0 saturated carbocycles. The number of pyridine rings is 1. The van der Waals surface area contributed by atoms with Crippen LogP contribution in [0.1, 0.15) is 31.9 Å². The smallest absolute Gasteiger partial charge is 0.0517 e. The van der Waals surface area contributed by atoms with Crippen molar-refractivity contribution in [1.29, 1.82) is 0 Å². The molecule has 1 rings (SSSR count). The first-order chi connectivity index (χ1) is 7.56. The molecule has 0 saturated heterocycles. The number of nitrogens with zero attached hydrogens (tertiary/aromatic N) is 2. The van der Waals surface area contributed by atoms with Gasteiger partial charge < -0.3 is 10.2 Å². The number of nitrogens with one attached hydrogen (secondary N) is 1. The fourth-order valence-electron chi connectivity index (χ4n) is 2.16. The van der Waals surface area contributed by atoms with E-state index < -0.39 is 0 Å². The summed E-state index contributed by atoms with van der Waals surface area (Å²) in [4.78, 5) is 6.48. The highest BCUT2D eigenvalue weighted by Gasteiger charge is 2.34. The Morgan fingerprint density at radius 1 is 1.50 bits per heavy atom. The van der Waals surface area contributed by atoms with Gasteiger partial charge in [0.05, 0.1) is 6.04 Å². The Kier molecular flexibility index (Phi) is 4.44. The van der Waals surface area contributed by atoms with Gasteiger partial charge in [-0.2, -0.15) is 0 Å². The van der Waals surface area contributed by atoms with Gasteiger partial charge in [0, 0.05) is 17.9 Å². The van der Waals surface area contributed by atoms with Crippen molar-refractivity contribution in [3.63, 3.8) is 0 Å².